The van der Waals surface area contributed by atoms with Crippen LogP contribution in [0.1, 0.15) is 56.7 Å². The van der Waals surface area contributed by atoms with Crippen LogP contribution in [0.5, 0.6) is 11.5 Å². The van der Waals surface area contributed by atoms with Crippen molar-refractivity contribution in [3.05, 3.63) is 77.4 Å². The van der Waals surface area contributed by atoms with Crippen molar-refractivity contribution in [2.75, 3.05) is 19.2 Å². The molecule has 1 fully saturated rings. The van der Waals surface area contributed by atoms with Crippen LogP contribution in [0.3, 0.4) is 0 Å². The smallest absolute Gasteiger partial charge is 0.235 e. The second kappa shape index (κ2) is 9.82. The lowest BCUT2D eigenvalue weighted by Crippen LogP contribution is -2.29. The van der Waals surface area contributed by atoms with E-state index >= 15 is 0 Å². The van der Waals surface area contributed by atoms with Crippen LogP contribution in [-0.4, -0.2) is 30.6 Å². The lowest BCUT2D eigenvalue weighted by atomic mass is 9.91. The molecule has 5 rings (SSSR count). The lowest BCUT2D eigenvalue weighted by molar-refractivity contribution is -0.132. The number of ether oxygens (including phenoxy) is 2. The number of carbonyl (C=O) groups excluding carboxylic acids is 2. The van der Waals surface area contributed by atoms with Gasteiger partial charge in [0.15, 0.2) is 11.5 Å². The maximum Gasteiger partial charge on any atom is 0.235 e. The molecule has 1 N–H and O–H groups in total. The molecule has 2 amide bonds. The van der Waals surface area contributed by atoms with Crippen molar-refractivity contribution >= 4 is 17.5 Å². The first-order chi connectivity index (χ1) is 18.0. The van der Waals surface area contributed by atoms with E-state index < -0.39 is 5.41 Å². The van der Waals surface area contributed by atoms with Gasteiger partial charge in [0.05, 0.1) is 5.41 Å². The van der Waals surface area contributed by atoms with Crippen LogP contribution in [0.15, 0.2) is 60.7 Å². The van der Waals surface area contributed by atoms with Gasteiger partial charge in [-0.3, -0.25) is 9.59 Å². The average molecular weight is 513 g/mol. The Labute approximate surface area is 225 Å². The number of carbonyl (C=O) groups is 2. The van der Waals surface area contributed by atoms with Crippen molar-refractivity contribution < 1.29 is 19.1 Å². The Hall–Kier alpha value is -3.80. The number of hydrogen-bond donors (Lipinski definition) is 1. The SMILES string of the molecule is Cc1ccc(NC(=O)C2(c3ccc4c(c3)OCO4)CC2)cc1-c1ccc(CN(C)C(=O)CC(C)(C)C)cc1. The van der Waals surface area contributed by atoms with Crippen molar-refractivity contribution in [1.29, 1.82) is 0 Å². The molecule has 6 nitrogen and oxygen atoms in total. The number of fused-ring (bicyclic) bond motifs is 1. The second-order valence-corrected chi connectivity index (χ2v) is 11.8. The molecule has 1 aliphatic heterocycles. The molecule has 6 heteroatoms. The van der Waals surface area contributed by atoms with Gasteiger partial charge in [0.25, 0.3) is 0 Å². The van der Waals surface area contributed by atoms with Crippen LogP contribution in [0.2, 0.25) is 0 Å². The molecule has 198 valence electrons. The fourth-order valence-electron chi connectivity index (χ4n) is 4.97. The van der Waals surface area contributed by atoms with Gasteiger partial charge in [-0.1, -0.05) is 57.2 Å². The third kappa shape index (κ3) is 5.40. The van der Waals surface area contributed by atoms with Crippen LogP contribution >= 0.6 is 0 Å². The highest BCUT2D eigenvalue weighted by Crippen LogP contribution is 2.51. The maximum absolute atomic E-state index is 13.4. The molecule has 0 unspecified atom stereocenters. The molecule has 1 heterocycles. The van der Waals surface area contributed by atoms with E-state index in [4.69, 9.17) is 9.47 Å². The number of nitrogens with one attached hydrogen (secondary N) is 1. The average Bonchev–Trinajstić information content (AvgIpc) is 3.55. The molecule has 0 bridgehead atoms. The Balaban J connectivity index is 1.28. The van der Waals surface area contributed by atoms with Gasteiger partial charge in [-0.2, -0.15) is 0 Å². The van der Waals surface area contributed by atoms with Gasteiger partial charge in [-0.25, -0.2) is 0 Å². The third-order valence-corrected chi connectivity index (χ3v) is 7.40. The zero-order valence-corrected chi connectivity index (χ0v) is 22.9. The molecule has 2 aliphatic rings. The minimum absolute atomic E-state index is 0.00415. The van der Waals surface area contributed by atoms with E-state index in [9.17, 15) is 9.59 Å². The van der Waals surface area contributed by atoms with Gasteiger partial charge in [-0.05, 0) is 77.3 Å². The zero-order valence-electron chi connectivity index (χ0n) is 22.9. The quantitative estimate of drug-likeness (QED) is 0.395. The third-order valence-electron chi connectivity index (χ3n) is 7.40. The van der Waals surface area contributed by atoms with Gasteiger partial charge >= 0.3 is 0 Å². The summed E-state index contributed by atoms with van der Waals surface area (Å²) in [6.45, 7) is 9.10. The van der Waals surface area contributed by atoms with Crippen LogP contribution in [-0.2, 0) is 21.5 Å². The standard InChI is InChI=1S/C32H36N2O4/c1-21-6-12-25(33-30(36)32(14-15-32)24-11-13-27-28(16-24)38-20-37-27)17-26(21)23-9-7-22(8-10-23)19-34(5)29(35)18-31(2,3)4/h6-13,16-17H,14-15,18-20H2,1-5H3,(H,33,36). The van der Waals surface area contributed by atoms with E-state index in [-0.39, 0.29) is 24.0 Å². The predicted octanol–water partition coefficient (Wildman–Crippen LogP) is 6.46. The number of hydrogen-bond acceptors (Lipinski definition) is 4. The first-order valence-electron chi connectivity index (χ1n) is 13.2. The number of benzene rings is 3. The Morgan fingerprint density at radius 1 is 0.947 bits per heavy atom. The van der Waals surface area contributed by atoms with E-state index in [0.29, 0.717) is 18.7 Å². The molecule has 1 aliphatic carbocycles. The van der Waals surface area contributed by atoms with Crippen molar-refractivity contribution in [2.24, 2.45) is 5.41 Å². The number of amides is 2. The Morgan fingerprint density at radius 2 is 1.66 bits per heavy atom. The lowest BCUT2D eigenvalue weighted by Gasteiger charge is -2.23. The first-order valence-corrected chi connectivity index (χ1v) is 13.2. The summed E-state index contributed by atoms with van der Waals surface area (Å²) in [5, 5.41) is 3.16. The molecule has 1 saturated carbocycles. The molecular weight excluding hydrogens is 476 g/mol. The summed E-state index contributed by atoms with van der Waals surface area (Å²) in [6.07, 6.45) is 2.14. The van der Waals surface area contributed by atoms with Gasteiger partial charge in [0, 0.05) is 25.7 Å². The normalized spacial score (nSPS) is 15.2. The predicted molar refractivity (Wildman–Crippen MR) is 149 cm³/mol. The monoisotopic (exact) mass is 512 g/mol. The van der Waals surface area contributed by atoms with E-state index in [0.717, 1.165) is 52.1 Å². The molecule has 3 aromatic carbocycles. The summed E-state index contributed by atoms with van der Waals surface area (Å²) in [6, 6.07) is 20.1. The highest BCUT2D eigenvalue weighted by Gasteiger charge is 2.51. The highest BCUT2D eigenvalue weighted by atomic mass is 16.7. The van der Waals surface area contributed by atoms with E-state index in [1.54, 1.807) is 4.90 Å². The summed E-state index contributed by atoms with van der Waals surface area (Å²) < 4.78 is 10.9. The molecule has 0 aromatic heterocycles. The minimum Gasteiger partial charge on any atom is -0.454 e. The van der Waals surface area contributed by atoms with E-state index in [1.165, 1.54) is 0 Å². The zero-order chi connectivity index (χ0) is 27.1. The van der Waals surface area contributed by atoms with Crippen LogP contribution in [0.4, 0.5) is 5.69 Å². The molecule has 0 atom stereocenters. The Morgan fingerprint density at radius 3 is 2.34 bits per heavy atom. The second-order valence-electron chi connectivity index (χ2n) is 11.8. The number of aryl methyl sites for hydroxylation is 1. The Bertz CT molecular complexity index is 1370. The van der Waals surface area contributed by atoms with Crippen molar-refractivity contribution in [3.63, 3.8) is 0 Å². The van der Waals surface area contributed by atoms with Crippen LogP contribution in [0, 0.1) is 12.3 Å². The van der Waals surface area contributed by atoms with E-state index in [2.05, 4.69) is 57.3 Å². The first kappa shape index (κ1) is 25.8. The molecule has 0 saturated heterocycles. The van der Waals surface area contributed by atoms with Gasteiger partial charge in [-0.15, -0.1) is 0 Å². The van der Waals surface area contributed by atoms with Gasteiger partial charge in [0.2, 0.25) is 18.6 Å². The highest BCUT2D eigenvalue weighted by molar-refractivity contribution is 6.02. The minimum atomic E-state index is -0.524. The molecule has 0 radical (unpaired) electrons. The van der Waals surface area contributed by atoms with Gasteiger partial charge in [0.1, 0.15) is 0 Å². The number of rotatable bonds is 7. The van der Waals surface area contributed by atoms with Crippen molar-refractivity contribution in [2.45, 2.75) is 58.9 Å². The summed E-state index contributed by atoms with van der Waals surface area (Å²) in [7, 11) is 1.86. The topological polar surface area (TPSA) is 67.9 Å². The summed E-state index contributed by atoms with van der Waals surface area (Å²) >= 11 is 0. The molecular formula is C32H36N2O4. The van der Waals surface area contributed by atoms with Crippen molar-refractivity contribution in [3.8, 4) is 22.6 Å². The largest absolute Gasteiger partial charge is 0.454 e. The fraction of sp³-hybridized carbons (Fsp3) is 0.375. The van der Waals surface area contributed by atoms with E-state index in [1.807, 2.05) is 43.4 Å². The van der Waals surface area contributed by atoms with Crippen LogP contribution < -0.4 is 14.8 Å². The van der Waals surface area contributed by atoms with Crippen LogP contribution in [0.25, 0.3) is 11.1 Å². The number of nitrogens with zero attached hydrogens (tertiary/aromatic N) is 1. The maximum atomic E-state index is 13.4. The van der Waals surface area contributed by atoms with Crippen molar-refractivity contribution in [1.82, 2.24) is 4.90 Å². The summed E-state index contributed by atoms with van der Waals surface area (Å²) in [5.74, 6) is 1.58. The molecule has 0 spiro atoms. The Kier molecular flexibility index (Phi) is 6.68. The summed E-state index contributed by atoms with van der Waals surface area (Å²) in [4.78, 5) is 27.7. The molecule has 3 aromatic rings. The molecule has 38 heavy (non-hydrogen) atoms. The number of anilines is 1. The van der Waals surface area contributed by atoms with Gasteiger partial charge < -0.3 is 19.7 Å². The summed E-state index contributed by atoms with van der Waals surface area (Å²) in [5.41, 5.74) is 5.54. The fourth-order valence-corrected chi connectivity index (χ4v) is 4.97.